The molecule has 2 aromatic carbocycles. The van der Waals surface area contributed by atoms with Crippen LogP contribution in [0.4, 0.5) is 0 Å². The van der Waals surface area contributed by atoms with Crippen molar-refractivity contribution in [3.8, 4) is 0 Å². The Morgan fingerprint density at radius 2 is 1.54 bits per heavy atom. The normalized spacial score (nSPS) is 16.9. The van der Waals surface area contributed by atoms with Gasteiger partial charge >= 0.3 is 0 Å². The van der Waals surface area contributed by atoms with Crippen LogP contribution in [0.3, 0.4) is 0 Å². The zero-order chi connectivity index (χ0) is 19.2. The molecule has 140 valence electrons. The van der Waals surface area contributed by atoms with Crippen LogP contribution >= 0.6 is 7.92 Å². The molecule has 1 aromatic heterocycles. The summed E-state index contributed by atoms with van der Waals surface area (Å²) in [7, 11) is -0.546. The van der Waals surface area contributed by atoms with Gasteiger partial charge in [0, 0.05) is 24.7 Å². The van der Waals surface area contributed by atoms with Crippen molar-refractivity contribution in [1.82, 2.24) is 10.3 Å². The molecule has 0 aliphatic heterocycles. The van der Waals surface area contributed by atoms with Crippen molar-refractivity contribution in [2.24, 2.45) is 5.92 Å². The van der Waals surface area contributed by atoms with E-state index < -0.39 is 7.92 Å². The van der Waals surface area contributed by atoms with Crippen LogP contribution in [-0.4, -0.2) is 11.0 Å². The fourth-order valence-electron chi connectivity index (χ4n) is 3.63. The predicted octanol–water partition coefficient (Wildman–Crippen LogP) is 4.76. The Labute approximate surface area is 168 Å². The Kier molecular flexibility index (Phi) is 6.11. The lowest BCUT2D eigenvalue weighted by molar-refractivity contribution is 0.483. The molecule has 1 unspecified atom stereocenters. The summed E-state index contributed by atoms with van der Waals surface area (Å²) < 4.78 is 0. The third-order valence-electron chi connectivity index (χ3n) is 5.08. The second-order valence-electron chi connectivity index (χ2n) is 7.00. The van der Waals surface area contributed by atoms with E-state index in [-0.39, 0.29) is 0 Å². The van der Waals surface area contributed by atoms with Crippen LogP contribution in [-0.2, 0) is 6.54 Å². The van der Waals surface area contributed by atoms with Gasteiger partial charge in [-0.05, 0) is 42.9 Å². The number of benzene rings is 2. The molecule has 4 rings (SSSR count). The second kappa shape index (κ2) is 9.10. The molecule has 0 fully saturated rings. The van der Waals surface area contributed by atoms with Crippen molar-refractivity contribution < 1.29 is 0 Å². The highest BCUT2D eigenvalue weighted by atomic mass is 31.1. The standard InChI is InChI=1S/C25H25N2P/c1-20(27-19-21-11-8-9-18-26-21)24-16-10-17-25(24)28(22-12-4-2-5-13-22)23-14-6-3-7-15-23/h2-18,20,24,27H,19H2,1H3/t20-,24?/m1/s1. The third kappa shape index (κ3) is 4.30. The first-order chi connectivity index (χ1) is 13.8. The quantitative estimate of drug-likeness (QED) is 0.594. The van der Waals surface area contributed by atoms with Crippen molar-refractivity contribution in [1.29, 1.82) is 0 Å². The molecule has 1 N–H and O–H groups in total. The fraction of sp³-hybridized carbons (Fsp3) is 0.160. The summed E-state index contributed by atoms with van der Waals surface area (Å²) in [4.78, 5) is 4.44. The first kappa shape index (κ1) is 18.8. The summed E-state index contributed by atoms with van der Waals surface area (Å²) in [6.45, 7) is 3.06. The van der Waals surface area contributed by atoms with E-state index in [1.807, 2.05) is 18.3 Å². The molecule has 0 spiro atoms. The molecular formula is C25H25N2P. The highest BCUT2D eigenvalue weighted by Crippen LogP contribution is 2.49. The number of aromatic nitrogens is 1. The zero-order valence-corrected chi connectivity index (χ0v) is 17.0. The second-order valence-corrected chi connectivity index (χ2v) is 9.22. The van der Waals surface area contributed by atoms with E-state index >= 15 is 0 Å². The fourth-order valence-corrected chi connectivity index (χ4v) is 6.30. The van der Waals surface area contributed by atoms with Gasteiger partial charge in [0.1, 0.15) is 0 Å². The summed E-state index contributed by atoms with van der Waals surface area (Å²) in [6, 6.07) is 28.2. The number of nitrogens with one attached hydrogen (secondary N) is 1. The molecule has 3 aromatic rings. The van der Waals surface area contributed by atoms with Gasteiger partial charge < -0.3 is 5.32 Å². The molecular weight excluding hydrogens is 359 g/mol. The largest absolute Gasteiger partial charge is 0.308 e. The Bertz CT molecular complexity index is 897. The van der Waals surface area contributed by atoms with Crippen LogP contribution in [0.15, 0.2) is 109 Å². The SMILES string of the molecule is C[C@@H](NCc1ccccn1)C1C=CC=C1P(c1ccccc1)c1ccccc1. The maximum Gasteiger partial charge on any atom is 0.0541 e. The summed E-state index contributed by atoms with van der Waals surface area (Å²) in [6.07, 6.45) is 8.74. The molecule has 0 saturated heterocycles. The minimum Gasteiger partial charge on any atom is -0.308 e. The average molecular weight is 384 g/mol. The number of nitrogens with zero attached hydrogens (tertiary/aromatic N) is 1. The Hall–Kier alpha value is -2.54. The molecule has 0 saturated carbocycles. The van der Waals surface area contributed by atoms with Crippen molar-refractivity contribution in [3.05, 3.63) is 114 Å². The number of allylic oxidation sites excluding steroid dienone is 2. The molecule has 3 heteroatoms. The Morgan fingerprint density at radius 3 is 2.14 bits per heavy atom. The van der Waals surface area contributed by atoms with E-state index in [1.165, 1.54) is 15.9 Å². The zero-order valence-electron chi connectivity index (χ0n) is 16.1. The minimum absolute atomic E-state index is 0.337. The summed E-state index contributed by atoms with van der Waals surface area (Å²) in [5.41, 5.74) is 1.08. The van der Waals surface area contributed by atoms with Gasteiger partial charge in [0.15, 0.2) is 0 Å². The molecule has 1 heterocycles. The molecule has 28 heavy (non-hydrogen) atoms. The van der Waals surface area contributed by atoms with E-state index in [0.29, 0.717) is 12.0 Å². The lowest BCUT2D eigenvalue weighted by Gasteiger charge is -2.29. The molecule has 1 aliphatic rings. The monoisotopic (exact) mass is 384 g/mol. The summed E-state index contributed by atoms with van der Waals surface area (Å²) in [5, 5.41) is 8.00. The number of pyridine rings is 1. The summed E-state index contributed by atoms with van der Waals surface area (Å²) in [5.74, 6) is 0.384. The molecule has 2 atom stereocenters. The van der Waals surface area contributed by atoms with Gasteiger partial charge in [0.2, 0.25) is 0 Å². The van der Waals surface area contributed by atoms with E-state index in [4.69, 9.17) is 0 Å². The lowest BCUT2D eigenvalue weighted by Crippen LogP contribution is -2.33. The van der Waals surface area contributed by atoms with Crippen molar-refractivity contribution in [2.75, 3.05) is 0 Å². The van der Waals surface area contributed by atoms with Gasteiger partial charge in [-0.15, -0.1) is 0 Å². The van der Waals surface area contributed by atoms with Gasteiger partial charge in [-0.3, -0.25) is 4.98 Å². The van der Waals surface area contributed by atoms with Crippen LogP contribution < -0.4 is 15.9 Å². The van der Waals surface area contributed by atoms with Gasteiger partial charge in [0.25, 0.3) is 0 Å². The lowest BCUT2D eigenvalue weighted by atomic mass is 10.0. The molecule has 2 nitrogen and oxygen atoms in total. The maximum absolute atomic E-state index is 4.44. The average Bonchev–Trinajstić information content (AvgIpc) is 3.24. The first-order valence-electron chi connectivity index (χ1n) is 9.75. The van der Waals surface area contributed by atoms with E-state index in [2.05, 4.69) is 102 Å². The van der Waals surface area contributed by atoms with Crippen LogP contribution in [0, 0.1) is 5.92 Å². The molecule has 0 bridgehead atoms. The Balaban J connectivity index is 1.58. The van der Waals surface area contributed by atoms with Gasteiger partial charge in [0.05, 0.1) is 5.69 Å². The van der Waals surface area contributed by atoms with Crippen LogP contribution in [0.5, 0.6) is 0 Å². The van der Waals surface area contributed by atoms with Crippen molar-refractivity contribution in [3.63, 3.8) is 0 Å². The van der Waals surface area contributed by atoms with Crippen LogP contribution in [0.2, 0.25) is 0 Å². The third-order valence-corrected chi connectivity index (χ3v) is 7.68. The number of rotatable bonds is 7. The van der Waals surface area contributed by atoms with Gasteiger partial charge in [-0.1, -0.05) is 85.0 Å². The Morgan fingerprint density at radius 1 is 0.893 bits per heavy atom. The van der Waals surface area contributed by atoms with E-state index in [0.717, 1.165) is 12.2 Å². The number of hydrogen-bond acceptors (Lipinski definition) is 2. The van der Waals surface area contributed by atoms with Crippen LogP contribution in [0.25, 0.3) is 0 Å². The minimum atomic E-state index is -0.546. The highest BCUT2D eigenvalue weighted by molar-refractivity contribution is 7.76. The van der Waals surface area contributed by atoms with E-state index in [1.54, 1.807) is 0 Å². The maximum atomic E-state index is 4.44. The number of hydrogen-bond donors (Lipinski definition) is 1. The highest BCUT2D eigenvalue weighted by Gasteiger charge is 2.29. The first-order valence-corrected chi connectivity index (χ1v) is 11.1. The van der Waals surface area contributed by atoms with Crippen molar-refractivity contribution in [2.45, 2.75) is 19.5 Å². The molecule has 0 amide bonds. The van der Waals surface area contributed by atoms with Gasteiger partial charge in [-0.25, -0.2) is 0 Å². The van der Waals surface area contributed by atoms with Gasteiger partial charge in [-0.2, -0.15) is 0 Å². The topological polar surface area (TPSA) is 24.9 Å². The predicted molar refractivity (Wildman–Crippen MR) is 120 cm³/mol. The molecule has 0 radical (unpaired) electrons. The van der Waals surface area contributed by atoms with Crippen molar-refractivity contribution >= 4 is 18.5 Å². The summed E-state index contributed by atoms with van der Waals surface area (Å²) >= 11 is 0. The molecule has 1 aliphatic carbocycles. The smallest absolute Gasteiger partial charge is 0.0541 e. The van der Waals surface area contributed by atoms with Crippen LogP contribution in [0.1, 0.15) is 12.6 Å². The van der Waals surface area contributed by atoms with E-state index in [9.17, 15) is 0 Å².